The SMILES string of the molecule is COc1ccc(N2CC(O)C2)c(N)c1. The van der Waals surface area contributed by atoms with Gasteiger partial charge < -0.3 is 20.5 Å². The van der Waals surface area contributed by atoms with Crippen molar-refractivity contribution in [2.75, 3.05) is 30.8 Å². The third-order valence-electron chi connectivity index (χ3n) is 2.44. The molecule has 3 N–H and O–H groups in total. The van der Waals surface area contributed by atoms with Gasteiger partial charge in [-0.05, 0) is 12.1 Å². The van der Waals surface area contributed by atoms with Crippen molar-refractivity contribution in [3.05, 3.63) is 18.2 Å². The van der Waals surface area contributed by atoms with Crippen molar-refractivity contribution in [2.45, 2.75) is 6.10 Å². The molecule has 0 unspecified atom stereocenters. The van der Waals surface area contributed by atoms with Gasteiger partial charge >= 0.3 is 0 Å². The van der Waals surface area contributed by atoms with Crippen molar-refractivity contribution in [3.8, 4) is 5.75 Å². The molecular formula is C10H14N2O2. The van der Waals surface area contributed by atoms with Crippen LogP contribution >= 0.6 is 0 Å². The molecule has 0 aromatic heterocycles. The molecule has 0 amide bonds. The summed E-state index contributed by atoms with van der Waals surface area (Å²) in [7, 11) is 1.61. The number of methoxy groups -OCH3 is 1. The monoisotopic (exact) mass is 194 g/mol. The number of ether oxygens (including phenoxy) is 1. The van der Waals surface area contributed by atoms with Gasteiger partial charge in [0.15, 0.2) is 0 Å². The Labute approximate surface area is 82.9 Å². The van der Waals surface area contributed by atoms with Gasteiger partial charge in [0, 0.05) is 19.2 Å². The summed E-state index contributed by atoms with van der Waals surface area (Å²) in [6, 6.07) is 5.58. The number of nitrogens with two attached hydrogens (primary N) is 1. The third kappa shape index (κ3) is 1.48. The van der Waals surface area contributed by atoms with Crippen LogP contribution in [0.3, 0.4) is 0 Å². The Hall–Kier alpha value is -1.42. The molecule has 0 spiro atoms. The van der Waals surface area contributed by atoms with Crippen LogP contribution < -0.4 is 15.4 Å². The Morgan fingerprint density at radius 3 is 2.71 bits per heavy atom. The largest absolute Gasteiger partial charge is 0.497 e. The van der Waals surface area contributed by atoms with Crippen LogP contribution in [0.1, 0.15) is 0 Å². The summed E-state index contributed by atoms with van der Waals surface area (Å²) >= 11 is 0. The van der Waals surface area contributed by atoms with Crippen LogP contribution in [0, 0.1) is 0 Å². The standard InChI is InChI=1S/C10H14N2O2/c1-14-8-2-3-10(9(11)4-8)12-5-7(13)6-12/h2-4,7,13H,5-6,11H2,1H3. The molecule has 0 saturated carbocycles. The number of hydrogen-bond donors (Lipinski definition) is 2. The molecule has 1 aromatic carbocycles. The van der Waals surface area contributed by atoms with Gasteiger partial charge in [-0.1, -0.05) is 0 Å². The van der Waals surface area contributed by atoms with E-state index in [1.54, 1.807) is 13.2 Å². The van der Waals surface area contributed by atoms with E-state index >= 15 is 0 Å². The van der Waals surface area contributed by atoms with Crippen molar-refractivity contribution in [3.63, 3.8) is 0 Å². The van der Waals surface area contributed by atoms with Gasteiger partial charge in [0.1, 0.15) is 5.75 Å². The highest BCUT2D eigenvalue weighted by molar-refractivity contribution is 5.70. The van der Waals surface area contributed by atoms with Crippen molar-refractivity contribution in [1.29, 1.82) is 0 Å². The van der Waals surface area contributed by atoms with E-state index in [2.05, 4.69) is 0 Å². The highest BCUT2D eigenvalue weighted by Crippen LogP contribution is 2.30. The highest BCUT2D eigenvalue weighted by Gasteiger charge is 2.25. The maximum atomic E-state index is 9.16. The number of aliphatic hydroxyl groups excluding tert-OH is 1. The Morgan fingerprint density at radius 1 is 1.50 bits per heavy atom. The van der Waals surface area contributed by atoms with E-state index in [4.69, 9.17) is 15.6 Å². The lowest BCUT2D eigenvalue weighted by Gasteiger charge is -2.38. The molecule has 4 heteroatoms. The number of nitrogen functional groups attached to an aromatic ring is 1. The average Bonchev–Trinajstić information content (AvgIpc) is 2.13. The molecule has 76 valence electrons. The fraction of sp³-hybridized carbons (Fsp3) is 0.400. The van der Waals surface area contributed by atoms with Crippen molar-refractivity contribution in [1.82, 2.24) is 0 Å². The summed E-state index contributed by atoms with van der Waals surface area (Å²) in [5.41, 5.74) is 7.51. The number of aliphatic hydroxyl groups is 1. The molecule has 1 aromatic rings. The fourth-order valence-corrected chi connectivity index (χ4v) is 1.60. The van der Waals surface area contributed by atoms with E-state index in [1.165, 1.54) is 0 Å². The lowest BCUT2D eigenvalue weighted by atomic mass is 10.1. The molecule has 4 nitrogen and oxygen atoms in total. The topological polar surface area (TPSA) is 58.7 Å². The first kappa shape index (κ1) is 9.15. The number of anilines is 2. The molecule has 1 aliphatic heterocycles. The second-order valence-corrected chi connectivity index (χ2v) is 3.48. The van der Waals surface area contributed by atoms with E-state index < -0.39 is 0 Å². The first-order valence-corrected chi connectivity index (χ1v) is 4.57. The van der Waals surface area contributed by atoms with Gasteiger partial charge in [0.05, 0.1) is 24.6 Å². The molecule has 2 rings (SSSR count). The predicted octanol–water partition coefficient (Wildman–Crippen LogP) is 0.458. The molecular weight excluding hydrogens is 180 g/mol. The minimum atomic E-state index is -0.212. The van der Waals surface area contributed by atoms with Gasteiger partial charge in [-0.3, -0.25) is 0 Å². The first-order chi connectivity index (χ1) is 6.70. The number of benzene rings is 1. The predicted molar refractivity (Wildman–Crippen MR) is 55.6 cm³/mol. The summed E-state index contributed by atoms with van der Waals surface area (Å²) in [5, 5.41) is 9.16. The molecule has 0 atom stereocenters. The Bertz CT molecular complexity index is 335. The molecule has 1 saturated heterocycles. The number of hydrogen-bond acceptors (Lipinski definition) is 4. The van der Waals surface area contributed by atoms with Crippen LogP contribution in [0.5, 0.6) is 5.75 Å². The van der Waals surface area contributed by atoms with Gasteiger partial charge in [0.25, 0.3) is 0 Å². The average molecular weight is 194 g/mol. The maximum absolute atomic E-state index is 9.16. The maximum Gasteiger partial charge on any atom is 0.121 e. The Balaban J connectivity index is 2.18. The molecule has 0 bridgehead atoms. The van der Waals surface area contributed by atoms with Gasteiger partial charge in [-0.25, -0.2) is 0 Å². The zero-order chi connectivity index (χ0) is 10.1. The second kappa shape index (κ2) is 3.38. The van der Waals surface area contributed by atoms with E-state index in [9.17, 15) is 0 Å². The van der Waals surface area contributed by atoms with E-state index in [1.807, 2.05) is 17.0 Å². The van der Waals surface area contributed by atoms with Crippen LogP contribution in [0.2, 0.25) is 0 Å². The van der Waals surface area contributed by atoms with Crippen LogP contribution in [-0.2, 0) is 0 Å². The molecule has 1 heterocycles. The summed E-state index contributed by atoms with van der Waals surface area (Å²) in [6.07, 6.45) is -0.212. The lowest BCUT2D eigenvalue weighted by molar-refractivity contribution is 0.142. The lowest BCUT2D eigenvalue weighted by Crippen LogP contribution is -2.51. The second-order valence-electron chi connectivity index (χ2n) is 3.48. The summed E-state index contributed by atoms with van der Waals surface area (Å²) in [4.78, 5) is 2.04. The summed E-state index contributed by atoms with van der Waals surface area (Å²) in [6.45, 7) is 1.33. The van der Waals surface area contributed by atoms with Crippen LogP contribution in [-0.4, -0.2) is 31.4 Å². The van der Waals surface area contributed by atoms with Crippen LogP contribution in [0.15, 0.2) is 18.2 Å². The first-order valence-electron chi connectivity index (χ1n) is 4.57. The quantitative estimate of drug-likeness (QED) is 0.671. The van der Waals surface area contributed by atoms with Crippen LogP contribution in [0.25, 0.3) is 0 Å². The fourth-order valence-electron chi connectivity index (χ4n) is 1.60. The molecule has 1 aliphatic rings. The number of β-amino-alcohol motifs (C(OH)–C–C–N with tert-alkyl or cyclic N) is 1. The zero-order valence-electron chi connectivity index (χ0n) is 8.10. The number of nitrogens with zero attached hydrogens (tertiary/aromatic N) is 1. The van der Waals surface area contributed by atoms with Crippen molar-refractivity contribution < 1.29 is 9.84 Å². The minimum absolute atomic E-state index is 0.212. The smallest absolute Gasteiger partial charge is 0.121 e. The summed E-state index contributed by atoms with van der Waals surface area (Å²) < 4.78 is 5.05. The van der Waals surface area contributed by atoms with Crippen molar-refractivity contribution >= 4 is 11.4 Å². The minimum Gasteiger partial charge on any atom is -0.497 e. The number of rotatable bonds is 2. The van der Waals surface area contributed by atoms with Gasteiger partial charge in [-0.2, -0.15) is 0 Å². The Kier molecular flexibility index (Phi) is 2.21. The Morgan fingerprint density at radius 2 is 2.21 bits per heavy atom. The van der Waals surface area contributed by atoms with E-state index in [0.717, 1.165) is 11.4 Å². The molecule has 0 aliphatic carbocycles. The van der Waals surface area contributed by atoms with Gasteiger partial charge in [0.2, 0.25) is 0 Å². The molecule has 14 heavy (non-hydrogen) atoms. The zero-order valence-corrected chi connectivity index (χ0v) is 8.10. The van der Waals surface area contributed by atoms with E-state index in [-0.39, 0.29) is 6.10 Å². The summed E-state index contributed by atoms with van der Waals surface area (Å²) in [5.74, 6) is 0.757. The van der Waals surface area contributed by atoms with Crippen molar-refractivity contribution in [2.24, 2.45) is 0 Å². The third-order valence-corrected chi connectivity index (χ3v) is 2.44. The van der Waals surface area contributed by atoms with Gasteiger partial charge in [-0.15, -0.1) is 0 Å². The molecule has 0 radical (unpaired) electrons. The normalized spacial score (nSPS) is 16.6. The van der Waals surface area contributed by atoms with E-state index in [0.29, 0.717) is 18.8 Å². The highest BCUT2D eigenvalue weighted by atomic mass is 16.5. The molecule has 1 fully saturated rings. The van der Waals surface area contributed by atoms with Crippen LogP contribution in [0.4, 0.5) is 11.4 Å².